The lowest BCUT2D eigenvalue weighted by molar-refractivity contribution is 0.150. The van der Waals surface area contributed by atoms with Crippen LogP contribution in [0.2, 0.25) is 0 Å². The van der Waals surface area contributed by atoms with Crippen LogP contribution in [0.4, 0.5) is 8.78 Å². The Bertz CT molecular complexity index is 346. The predicted molar refractivity (Wildman–Crippen MR) is 46.5 cm³/mol. The number of hydrogen-bond acceptors (Lipinski definition) is 2. The second-order valence-corrected chi connectivity index (χ2v) is 2.85. The Morgan fingerprint density at radius 2 is 2.23 bits per heavy atom. The van der Waals surface area contributed by atoms with Crippen molar-refractivity contribution < 1.29 is 8.78 Å². The van der Waals surface area contributed by atoms with Crippen molar-refractivity contribution in [2.75, 3.05) is 0 Å². The van der Waals surface area contributed by atoms with Gasteiger partial charge >= 0.3 is 0 Å². The lowest BCUT2D eigenvalue weighted by Crippen LogP contribution is -1.96. The Labute approximate surface area is 82.3 Å². The van der Waals surface area contributed by atoms with Gasteiger partial charge in [-0.3, -0.25) is 0 Å². The average molecular weight is 247 g/mol. The summed E-state index contributed by atoms with van der Waals surface area (Å²) in [5, 5.41) is 8.98. The molecule has 0 unspecified atom stereocenters. The van der Waals surface area contributed by atoms with E-state index < -0.39 is 6.43 Å². The number of rotatable bonds is 2. The average Bonchev–Trinajstić information content (AvgIpc) is 2.16. The first-order valence-corrected chi connectivity index (χ1v) is 4.55. The van der Waals surface area contributed by atoms with E-state index >= 15 is 0 Å². The molecule has 0 radical (unpaired) electrons. The molecule has 1 heterocycles. The van der Waals surface area contributed by atoms with Gasteiger partial charge in [-0.2, -0.15) is 5.26 Å². The molecule has 0 bridgehead atoms. The molecule has 0 aliphatic rings. The third-order valence-electron chi connectivity index (χ3n) is 1.46. The van der Waals surface area contributed by atoms with E-state index in [1.165, 1.54) is 12.1 Å². The molecular weight excluding hydrogens is 242 g/mol. The smallest absolute Gasteiger partial charge is 0.241 e. The zero-order valence-electron chi connectivity index (χ0n) is 6.47. The van der Waals surface area contributed by atoms with Crippen molar-refractivity contribution in [2.24, 2.45) is 0 Å². The van der Waals surface area contributed by atoms with E-state index in [1.54, 1.807) is 6.07 Å². The zero-order valence-corrected chi connectivity index (χ0v) is 8.05. The number of aromatic nitrogens is 1. The number of halogens is 3. The SMILES string of the molecule is N#Cc1nc(CBr)ccc1C(F)F. The molecule has 0 fully saturated rings. The highest BCUT2D eigenvalue weighted by molar-refractivity contribution is 9.08. The summed E-state index contributed by atoms with van der Waals surface area (Å²) in [6.45, 7) is 0. The maximum Gasteiger partial charge on any atom is 0.266 e. The van der Waals surface area contributed by atoms with Gasteiger partial charge in [0.2, 0.25) is 0 Å². The van der Waals surface area contributed by atoms with E-state index in [-0.39, 0.29) is 11.3 Å². The van der Waals surface area contributed by atoms with Gasteiger partial charge in [-0.1, -0.05) is 15.9 Å². The van der Waals surface area contributed by atoms with Crippen molar-refractivity contribution in [3.8, 4) is 6.07 Å². The molecule has 0 saturated heterocycles. The van der Waals surface area contributed by atoms with Crippen LogP contribution in [0.5, 0.6) is 0 Å². The Balaban J connectivity index is 3.18. The minimum atomic E-state index is -2.65. The van der Waals surface area contributed by atoms with Crippen LogP contribution in [0, 0.1) is 11.3 Å². The molecule has 0 spiro atoms. The highest BCUT2D eigenvalue weighted by atomic mass is 79.9. The number of hydrogen-bond donors (Lipinski definition) is 0. The molecule has 0 aliphatic heterocycles. The van der Waals surface area contributed by atoms with Crippen LogP contribution < -0.4 is 0 Å². The van der Waals surface area contributed by atoms with Gasteiger partial charge in [0.1, 0.15) is 11.8 Å². The molecule has 0 amide bonds. The van der Waals surface area contributed by atoms with Gasteiger partial charge in [-0.05, 0) is 12.1 Å². The van der Waals surface area contributed by atoms with Crippen molar-refractivity contribution >= 4 is 15.9 Å². The van der Waals surface area contributed by atoms with Gasteiger partial charge in [0, 0.05) is 5.33 Å². The molecule has 0 aromatic carbocycles. The van der Waals surface area contributed by atoms with E-state index in [9.17, 15) is 8.78 Å². The van der Waals surface area contributed by atoms with Crippen LogP contribution in [0.1, 0.15) is 23.4 Å². The third-order valence-corrected chi connectivity index (χ3v) is 2.04. The monoisotopic (exact) mass is 246 g/mol. The van der Waals surface area contributed by atoms with Gasteiger partial charge in [0.05, 0.1) is 11.3 Å². The van der Waals surface area contributed by atoms with Crippen LogP contribution >= 0.6 is 15.9 Å². The zero-order chi connectivity index (χ0) is 9.84. The lowest BCUT2D eigenvalue weighted by atomic mass is 10.2. The molecule has 1 rings (SSSR count). The first kappa shape index (κ1) is 10.1. The highest BCUT2D eigenvalue weighted by Gasteiger charge is 2.13. The van der Waals surface area contributed by atoms with Gasteiger partial charge in [-0.15, -0.1) is 0 Å². The Hall–Kier alpha value is -1.02. The largest absolute Gasteiger partial charge is 0.266 e. The summed E-state index contributed by atoms with van der Waals surface area (Å²) in [6, 6.07) is 4.34. The topological polar surface area (TPSA) is 36.7 Å². The van der Waals surface area contributed by atoms with Crippen LogP contribution in [0.3, 0.4) is 0 Å². The maximum absolute atomic E-state index is 12.2. The summed E-state index contributed by atoms with van der Waals surface area (Å²) in [5.41, 5.74) is 0.0556. The molecule has 1 aromatic rings. The molecule has 0 saturated carbocycles. The minimum absolute atomic E-state index is 0.202. The van der Waals surface area contributed by atoms with Crippen molar-refractivity contribution in [1.29, 1.82) is 5.26 Å². The van der Waals surface area contributed by atoms with Gasteiger partial charge in [0.25, 0.3) is 6.43 Å². The first-order valence-electron chi connectivity index (χ1n) is 3.43. The van der Waals surface area contributed by atoms with Gasteiger partial charge in [-0.25, -0.2) is 13.8 Å². The molecule has 5 heteroatoms. The molecule has 1 aromatic heterocycles. The second-order valence-electron chi connectivity index (χ2n) is 2.29. The van der Waals surface area contributed by atoms with Gasteiger partial charge in [0.15, 0.2) is 0 Å². The molecule has 0 atom stereocenters. The maximum atomic E-state index is 12.2. The van der Waals surface area contributed by atoms with Gasteiger partial charge < -0.3 is 0 Å². The molecule has 0 N–H and O–H groups in total. The number of alkyl halides is 3. The Morgan fingerprint density at radius 3 is 2.69 bits per heavy atom. The first-order chi connectivity index (χ1) is 6.19. The molecule has 2 nitrogen and oxygen atoms in total. The molecular formula is C8H5BrF2N2. The summed E-state index contributed by atoms with van der Waals surface area (Å²) in [5.74, 6) is 0. The Morgan fingerprint density at radius 1 is 1.54 bits per heavy atom. The summed E-state index contributed by atoms with van der Waals surface area (Å²) in [4.78, 5) is 3.74. The van der Waals surface area contributed by atoms with Crippen molar-refractivity contribution in [3.05, 3.63) is 29.1 Å². The van der Waals surface area contributed by atoms with Crippen LogP contribution in [-0.4, -0.2) is 4.98 Å². The number of pyridine rings is 1. The van der Waals surface area contributed by atoms with E-state index in [1.807, 2.05) is 0 Å². The van der Waals surface area contributed by atoms with E-state index in [0.29, 0.717) is 11.0 Å². The normalized spacial score (nSPS) is 10.1. The minimum Gasteiger partial charge on any atom is -0.241 e. The van der Waals surface area contributed by atoms with Crippen LogP contribution in [0.25, 0.3) is 0 Å². The quantitative estimate of drug-likeness (QED) is 0.753. The van der Waals surface area contributed by atoms with E-state index in [0.717, 1.165) is 0 Å². The number of nitrogens with zero attached hydrogens (tertiary/aromatic N) is 2. The highest BCUT2D eigenvalue weighted by Crippen LogP contribution is 2.21. The number of nitriles is 1. The molecule has 0 aliphatic carbocycles. The third kappa shape index (κ3) is 2.22. The lowest BCUT2D eigenvalue weighted by Gasteiger charge is -2.02. The fourth-order valence-corrected chi connectivity index (χ4v) is 1.16. The summed E-state index contributed by atoms with van der Waals surface area (Å²) < 4.78 is 24.5. The standard InChI is InChI=1S/C8H5BrF2N2/c9-3-5-1-2-6(8(10)11)7(4-12)13-5/h1-2,8H,3H2. The second kappa shape index (κ2) is 4.28. The summed E-state index contributed by atoms with van der Waals surface area (Å²) in [6.07, 6.45) is -2.65. The molecule has 68 valence electrons. The predicted octanol–water partition coefficient (Wildman–Crippen LogP) is 2.79. The Kier molecular flexibility index (Phi) is 3.32. The molecule has 13 heavy (non-hydrogen) atoms. The fourth-order valence-electron chi connectivity index (χ4n) is 0.850. The van der Waals surface area contributed by atoms with Crippen LogP contribution in [-0.2, 0) is 5.33 Å². The van der Waals surface area contributed by atoms with Crippen molar-refractivity contribution in [2.45, 2.75) is 11.8 Å². The van der Waals surface area contributed by atoms with E-state index in [4.69, 9.17) is 5.26 Å². The fraction of sp³-hybridized carbons (Fsp3) is 0.250. The van der Waals surface area contributed by atoms with Crippen molar-refractivity contribution in [3.63, 3.8) is 0 Å². The summed E-state index contributed by atoms with van der Waals surface area (Å²) >= 11 is 3.12. The summed E-state index contributed by atoms with van der Waals surface area (Å²) in [7, 11) is 0. The van der Waals surface area contributed by atoms with Crippen LogP contribution in [0.15, 0.2) is 12.1 Å². The van der Waals surface area contributed by atoms with E-state index in [2.05, 4.69) is 20.9 Å². The van der Waals surface area contributed by atoms with Crippen molar-refractivity contribution in [1.82, 2.24) is 4.98 Å².